The normalized spacial score (nSPS) is 16.3. The monoisotopic (exact) mass is 408 g/mol. The zero-order valence-electron chi connectivity index (χ0n) is 18.8. The van der Waals surface area contributed by atoms with E-state index in [9.17, 15) is 9.90 Å². The topological polar surface area (TPSA) is 52.6 Å². The maximum Gasteiger partial charge on any atom is 0.223 e. The number of amides is 1. The Morgan fingerprint density at radius 3 is 2.37 bits per heavy atom. The number of nitrogens with one attached hydrogen (secondary N) is 1. The molecule has 162 valence electrons. The number of hydrogen-bond donors (Lipinski definition) is 2. The van der Waals surface area contributed by atoms with E-state index in [1.807, 2.05) is 37.3 Å². The van der Waals surface area contributed by atoms with E-state index in [1.54, 1.807) is 12.1 Å². The fraction of sp³-hybridized carbons (Fsp3) is 0.500. The molecule has 1 fully saturated rings. The molecule has 1 saturated carbocycles. The third-order valence-corrected chi connectivity index (χ3v) is 6.78. The van der Waals surface area contributed by atoms with Gasteiger partial charge in [0, 0.05) is 30.5 Å². The lowest BCUT2D eigenvalue weighted by molar-refractivity contribution is -0.126. The van der Waals surface area contributed by atoms with Crippen LogP contribution in [0.3, 0.4) is 0 Å². The van der Waals surface area contributed by atoms with Gasteiger partial charge in [-0.05, 0) is 55.5 Å². The van der Waals surface area contributed by atoms with Crippen LogP contribution >= 0.6 is 0 Å². The number of phenolic OH excluding ortho intramolecular Hbond substituents is 1. The smallest absolute Gasteiger partial charge is 0.223 e. The summed E-state index contributed by atoms with van der Waals surface area (Å²) in [5.74, 6) is 1.04. The Labute approximate surface area is 181 Å². The van der Waals surface area contributed by atoms with E-state index >= 15 is 0 Å². The molecule has 0 aliphatic heterocycles. The molecule has 1 aliphatic carbocycles. The van der Waals surface area contributed by atoms with Gasteiger partial charge in [-0.15, -0.1) is 0 Å². The SMILES string of the molecule is CC(C(=O)NCC(Cc1ccc(O)cc1)N(C)CC1CC1)C(C)(C)c1ccccc1. The van der Waals surface area contributed by atoms with E-state index in [0.29, 0.717) is 6.54 Å². The van der Waals surface area contributed by atoms with E-state index in [1.165, 1.54) is 24.0 Å². The maximum atomic E-state index is 13.1. The summed E-state index contributed by atoms with van der Waals surface area (Å²) in [5.41, 5.74) is 2.11. The first-order valence-corrected chi connectivity index (χ1v) is 11.1. The number of phenols is 1. The Hall–Kier alpha value is -2.33. The Morgan fingerprint density at radius 1 is 1.13 bits per heavy atom. The Morgan fingerprint density at radius 2 is 1.77 bits per heavy atom. The van der Waals surface area contributed by atoms with Crippen molar-refractivity contribution in [2.45, 2.75) is 51.5 Å². The van der Waals surface area contributed by atoms with Crippen LogP contribution in [0.1, 0.15) is 44.7 Å². The molecule has 0 radical (unpaired) electrons. The lowest BCUT2D eigenvalue weighted by Gasteiger charge is -2.33. The van der Waals surface area contributed by atoms with Gasteiger partial charge < -0.3 is 15.3 Å². The molecule has 0 saturated heterocycles. The molecule has 1 aliphatic rings. The summed E-state index contributed by atoms with van der Waals surface area (Å²) in [5, 5.41) is 12.8. The molecule has 2 aromatic carbocycles. The first-order chi connectivity index (χ1) is 14.3. The molecule has 0 spiro atoms. The molecule has 2 atom stereocenters. The van der Waals surface area contributed by atoms with Crippen molar-refractivity contribution < 1.29 is 9.90 Å². The zero-order valence-corrected chi connectivity index (χ0v) is 18.8. The summed E-state index contributed by atoms with van der Waals surface area (Å²) in [4.78, 5) is 15.4. The summed E-state index contributed by atoms with van der Waals surface area (Å²) in [6.45, 7) is 7.99. The number of benzene rings is 2. The van der Waals surface area contributed by atoms with Crippen LogP contribution in [0.4, 0.5) is 0 Å². The van der Waals surface area contributed by atoms with Crippen molar-refractivity contribution in [1.82, 2.24) is 10.2 Å². The number of nitrogens with zero attached hydrogens (tertiary/aromatic N) is 1. The van der Waals surface area contributed by atoms with Crippen molar-refractivity contribution in [3.8, 4) is 5.75 Å². The second kappa shape index (κ2) is 9.65. The molecular formula is C26H36N2O2. The first-order valence-electron chi connectivity index (χ1n) is 11.1. The van der Waals surface area contributed by atoms with Crippen molar-refractivity contribution >= 4 is 5.91 Å². The van der Waals surface area contributed by atoms with Crippen molar-refractivity contribution in [3.63, 3.8) is 0 Å². The van der Waals surface area contributed by atoms with Gasteiger partial charge in [0.05, 0.1) is 0 Å². The number of hydrogen-bond acceptors (Lipinski definition) is 3. The second-order valence-corrected chi connectivity index (χ2v) is 9.46. The van der Waals surface area contributed by atoms with Crippen molar-refractivity contribution in [3.05, 3.63) is 65.7 Å². The highest BCUT2D eigenvalue weighted by Gasteiger charge is 2.33. The lowest BCUT2D eigenvalue weighted by Crippen LogP contribution is -2.47. The summed E-state index contributed by atoms with van der Waals surface area (Å²) < 4.78 is 0. The van der Waals surface area contributed by atoms with Crippen LogP contribution in [0.15, 0.2) is 54.6 Å². The average Bonchev–Trinajstić information content (AvgIpc) is 3.56. The summed E-state index contributed by atoms with van der Waals surface area (Å²) in [6.07, 6.45) is 3.47. The van der Waals surface area contributed by atoms with Crippen LogP contribution in [-0.2, 0) is 16.6 Å². The summed E-state index contributed by atoms with van der Waals surface area (Å²) in [6, 6.07) is 17.9. The predicted octanol–water partition coefficient (Wildman–Crippen LogP) is 4.38. The van der Waals surface area contributed by atoms with Crippen LogP contribution in [0.2, 0.25) is 0 Å². The first kappa shape index (κ1) is 22.4. The highest BCUT2D eigenvalue weighted by Crippen LogP contribution is 2.32. The quantitative estimate of drug-likeness (QED) is 0.614. The Bertz CT molecular complexity index is 813. The van der Waals surface area contributed by atoms with E-state index < -0.39 is 0 Å². The Balaban J connectivity index is 1.64. The van der Waals surface area contributed by atoms with Gasteiger partial charge in [-0.3, -0.25) is 4.79 Å². The van der Waals surface area contributed by atoms with Crippen LogP contribution < -0.4 is 5.32 Å². The van der Waals surface area contributed by atoms with Gasteiger partial charge in [-0.2, -0.15) is 0 Å². The van der Waals surface area contributed by atoms with Crippen LogP contribution in [0, 0.1) is 11.8 Å². The highest BCUT2D eigenvalue weighted by molar-refractivity contribution is 5.80. The second-order valence-electron chi connectivity index (χ2n) is 9.46. The number of rotatable bonds is 10. The van der Waals surface area contributed by atoms with Gasteiger partial charge in [0.15, 0.2) is 0 Å². The Kier molecular flexibility index (Phi) is 7.19. The molecule has 30 heavy (non-hydrogen) atoms. The summed E-state index contributed by atoms with van der Waals surface area (Å²) >= 11 is 0. The third kappa shape index (κ3) is 5.85. The van der Waals surface area contributed by atoms with Crippen LogP contribution in [0.5, 0.6) is 5.75 Å². The number of aromatic hydroxyl groups is 1. The van der Waals surface area contributed by atoms with Crippen LogP contribution in [0.25, 0.3) is 0 Å². The van der Waals surface area contributed by atoms with E-state index in [4.69, 9.17) is 0 Å². The number of likely N-dealkylation sites (N-methyl/N-ethyl adjacent to an activating group) is 1. The fourth-order valence-electron chi connectivity index (χ4n) is 3.96. The number of carbonyl (C=O) groups excluding carboxylic acids is 1. The zero-order chi connectivity index (χ0) is 21.7. The predicted molar refractivity (Wildman–Crippen MR) is 123 cm³/mol. The largest absolute Gasteiger partial charge is 0.508 e. The molecular weight excluding hydrogens is 372 g/mol. The minimum Gasteiger partial charge on any atom is -0.508 e. The van der Waals surface area contributed by atoms with Crippen molar-refractivity contribution in [2.75, 3.05) is 20.1 Å². The van der Waals surface area contributed by atoms with Crippen molar-refractivity contribution in [2.24, 2.45) is 11.8 Å². The molecule has 3 rings (SSSR count). The molecule has 2 unspecified atom stereocenters. The van der Waals surface area contributed by atoms with Gasteiger partial charge in [-0.1, -0.05) is 63.2 Å². The third-order valence-electron chi connectivity index (χ3n) is 6.78. The molecule has 2 aromatic rings. The van der Waals surface area contributed by atoms with E-state index in [-0.39, 0.29) is 29.0 Å². The molecule has 0 aromatic heterocycles. The molecule has 0 bridgehead atoms. The lowest BCUT2D eigenvalue weighted by atomic mass is 9.74. The van der Waals surface area contributed by atoms with E-state index in [0.717, 1.165) is 18.9 Å². The minimum absolute atomic E-state index is 0.0966. The fourth-order valence-corrected chi connectivity index (χ4v) is 3.96. The summed E-state index contributed by atoms with van der Waals surface area (Å²) in [7, 11) is 2.16. The standard InChI is InChI=1S/C26H36N2O2/c1-19(26(2,3)22-8-6-5-7-9-22)25(30)27-17-23(28(4)18-21-10-11-21)16-20-12-14-24(29)15-13-20/h5-9,12-15,19,21,23,29H,10-11,16-18H2,1-4H3,(H,27,30). The van der Waals surface area contributed by atoms with Gasteiger partial charge in [-0.25, -0.2) is 0 Å². The molecule has 1 amide bonds. The maximum absolute atomic E-state index is 13.1. The molecule has 4 nitrogen and oxygen atoms in total. The molecule has 2 N–H and O–H groups in total. The van der Waals surface area contributed by atoms with Gasteiger partial charge >= 0.3 is 0 Å². The van der Waals surface area contributed by atoms with Gasteiger partial charge in [0.25, 0.3) is 0 Å². The highest BCUT2D eigenvalue weighted by atomic mass is 16.3. The van der Waals surface area contributed by atoms with E-state index in [2.05, 4.69) is 43.2 Å². The molecule has 4 heteroatoms. The van der Waals surface area contributed by atoms with Gasteiger partial charge in [0.2, 0.25) is 5.91 Å². The average molecular weight is 409 g/mol. The van der Waals surface area contributed by atoms with Crippen molar-refractivity contribution in [1.29, 1.82) is 0 Å². The number of carbonyl (C=O) groups is 1. The molecule has 0 heterocycles. The van der Waals surface area contributed by atoms with Gasteiger partial charge in [0.1, 0.15) is 5.75 Å². The van der Waals surface area contributed by atoms with Crippen LogP contribution in [-0.4, -0.2) is 42.1 Å². The minimum atomic E-state index is -0.238.